The number of pyridine rings is 2. The van der Waals surface area contributed by atoms with Crippen LogP contribution in [0.15, 0.2) is 218 Å². The molecule has 3 heterocycles. The number of aromatic nitrogens is 2. The summed E-state index contributed by atoms with van der Waals surface area (Å²) in [7, 11) is -2.55. The summed E-state index contributed by atoms with van der Waals surface area (Å²) < 4.78 is 0. The van der Waals surface area contributed by atoms with E-state index in [0.29, 0.717) is 0 Å². The van der Waals surface area contributed by atoms with Gasteiger partial charge in [-0.1, -0.05) is 194 Å². The van der Waals surface area contributed by atoms with Crippen LogP contribution in [-0.2, 0) is 0 Å². The summed E-state index contributed by atoms with van der Waals surface area (Å²) in [5, 5.41) is 12.9. The molecule has 274 valence electrons. The third-order valence-electron chi connectivity index (χ3n) is 12.5. The minimum absolute atomic E-state index is 0.914. The van der Waals surface area contributed by atoms with Crippen LogP contribution in [0.4, 0.5) is 0 Å². The predicted octanol–water partition coefficient (Wildman–Crippen LogP) is 11.4. The topological polar surface area (TPSA) is 25.8 Å². The van der Waals surface area contributed by atoms with Crippen molar-refractivity contribution in [3.05, 3.63) is 218 Å². The Kier molecular flexibility index (Phi) is 7.59. The van der Waals surface area contributed by atoms with E-state index in [2.05, 4.69) is 218 Å². The average molecular weight is 765 g/mol. The van der Waals surface area contributed by atoms with E-state index in [1.807, 2.05) is 0 Å². The van der Waals surface area contributed by atoms with Crippen LogP contribution in [0.3, 0.4) is 0 Å². The first-order valence-corrected chi connectivity index (χ1v) is 22.3. The minimum Gasteiger partial charge on any atom is -0.245 e. The van der Waals surface area contributed by atoms with Crippen molar-refractivity contribution in [1.82, 2.24) is 9.97 Å². The van der Waals surface area contributed by atoms with E-state index in [1.54, 1.807) is 0 Å². The summed E-state index contributed by atoms with van der Waals surface area (Å²) in [5.41, 5.74) is 11.0. The van der Waals surface area contributed by atoms with Gasteiger partial charge in [0.25, 0.3) is 0 Å². The molecule has 59 heavy (non-hydrogen) atoms. The van der Waals surface area contributed by atoms with E-state index in [0.717, 1.165) is 44.3 Å². The molecule has 2 nitrogen and oxygen atoms in total. The fourth-order valence-electron chi connectivity index (χ4n) is 9.81. The molecule has 12 rings (SSSR count). The first kappa shape index (κ1) is 33.7. The Bertz CT molecular complexity index is 3390. The quantitative estimate of drug-likeness (QED) is 0.129. The molecule has 0 N–H and O–H groups in total. The first-order valence-electron chi connectivity index (χ1n) is 20.3. The van der Waals surface area contributed by atoms with Crippen molar-refractivity contribution < 1.29 is 0 Å². The Morgan fingerprint density at radius 2 is 0.797 bits per heavy atom. The maximum atomic E-state index is 5.40. The van der Waals surface area contributed by atoms with Crippen molar-refractivity contribution in [2.75, 3.05) is 0 Å². The van der Waals surface area contributed by atoms with Gasteiger partial charge in [0.15, 0.2) is 8.07 Å². The highest BCUT2D eigenvalue weighted by molar-refractivity contribution is 7.22. The smallest absolute Gasteiger partial charge is 0.180 e. The van der Waals surface area contributed by atoms with Gasteiger partial charge < -0.3 is 0 Å². The van der Waals surface area contributed by atoms with E-state index < -0.39 is 8.07 Å². The number of hydrogen-bond donors (Lipinski definition) is 0. The number of benzene rings is 9. The molecule has 9 aromatic carbocycles. The molecular weight excluding hydrogens is 729 g/mol. The van der Waals surface area contributed by atoms with Crippen LogP contribution in [0, 0.1) is 0 Å². The molecule has 0 aliphatic carbocycles. The molecule has 0 atom stereocenters. The molecule has 2 aromatic heterocycles. The number of nitrogens with zero attached hydrogens (tertiary/aromatic N) is 2. The fourth-order valence-corrected chi connectivity index (χ4v) is 15.0. The van der Waals surface area contributed by atoms with Crippen molar-refractivity contribution in [2.45, 2.75) is 0 Å². The molecule has 0 saturated carbocycles. The van der Waals surface area contributed by atoms with Crippen LogP contribution in [0.25, 0.3) is 88.1 Å². The molecule has 0 radical (unpaired) electrons. The second-order valence-corrected chi connectivity index (χ2v) is 19.4. The van der Waals surface area contributed by atoms with Gasteiger partial charge in [-0.2, -0.15) is 0 Å². The number of fused-ring (bicyclic) bond motifs is 9. The highest BCUT2D eigenvalue weighted by Crippen LogP contribution is 2.37. The third kappa shape index (κ3) is 5.18. The maximum Gasteiger partial charge on any atom is 0.180 e. The first-order chi connectivity index (χ1) is 29.2. The molecular formula is C56H36N2Si. The summed E-state index contributed by atoms with van der Waals surface area (Å²) in [6, 6.07) is 80.0. The summed E-state index contributed by atoms with van der Waals surface area (Å²) in [6.45, 7) is 0. The van der Waals surface area contributed by atoms with Crippen molar-refractivity contribution in [1.29, 1.82) is 0 Å². The number of rotatable bonds is 5. The molecule has 3 heteroatoms. The van der Waals surface area contributed by atoms with Crippen LogP contribution in [-0.4, -0.2) is 18.0 Å². The van der Waals surface area contributed by atoms with Gasteiger partial charge in [0, 0.05) is 21.9 Å². The van der Waals surface area contributed by atoms with Crippen molar-refractivity contribution >= 4 is 72.2 Å². The zero-order chi connectivity index (χ0) is 38.9. The van der Waals surface area contributed by atoms with E-state index >= 15 is 0 Å². The highest BCUT2D eigenvalue weighted by Gasteiger charge is 2.48. The molecule has 0 amide bonds. The summed E-state index contributed by atoms with van der Waals surface area (Å²) >= 11 is 0. The molecule has 0 bridgehead atoms. The third-order valence-corrected chi connectivity index (χ3v) is 17.4. The van der Waals surface area contributed by atoms with Gasteiger partial charge in [0.1, 0.15) is 0 Å². The summed E-state index contributed by atoms with van der Waals surface area (Å²) in [5.74, 6) is 0. The van der Waals surface area contributed by atoms with Gasteiger partial charge in [-0.3, -0.25) is 0 Å². The molecule has 1 aliphatic rings. The summed E-state index contributed by atoms with van der Waals surface area (Å²) in [4.78, 5) is 10.7. The molecule has 0 unspecified atom stereocenters. The SMILES string of the molecule is c1ccc([Si]2(c3ccccc3)c3ccccc3-c3cc(-c4ccc5ccc6ccc(-c7ccc(-c8cc9ccccc9c9ccccc89)cc7)nc6c5n4)ccc32)cc1. The predicted molar refractivity (Wildman–Crippen MR) is 251 cm³/mol. The lowest BCUT2D eigenvalue weighted by Gasteiger charge is -2.31. The van der Waals surface area contributed by atoms with Crippen molar-refractivity contribution in [3.8, 4) is 44.8 Å². The van der Waals surface area contributed by atoms with E-state index in [-0.39, 0.29) is 0 Å². The second-order valence-electron chi connectivity index (χ2n) is 15.7. The van der Waals surface area contributed by atoms with Crippen LogP contribution in [0.5, 0.6) is 0 Å². The van der Waals surface area contributed by atoms with E-state index in [1.165, 1.54) is 64.5 Å². The Hall–Kier alpha value is -7.46. The maximum absolute atomic E-state index is 5.40. The molecule has 0 spiro atoms. The monoisotopic (exact) mass is 764 g/mol. The standard InChI is InChI=1S/C56H36N2Si/c1-3-14-43(15-4-1)59(44-16-5-2-6-17-44)53-22-12-11-21-48(53)50-36-42(31-34-54(50)59)52-33-30-40-28-27-39-29-32-51(57-55(39)56(40)58-52)38-25-23-37(24-26-38)49-35-41-13-7-8-18-45(41)46-19-9-10-20-47(46)49/h1-36H. The van der Waals surface area contributed by atoms with Gasteiger partial charge in [-0.25, -0.2) is 9.97 Å². The van der Waals surface area contributed by atoms with Crippen LogP contribution >= 0.6 is 0 Å². The Morgan fingerprint density at radius 1 is 0.288 bits per heavy atom. The fraction of sp³-hybridized carbons (Fsp3) is 0. The normalized spacial score (nSPS) is 12.9. The lowest BCUT2D eigenvalue weighted by Crippen LogP contribution is -2.72. The zero-order valence-electron chi connectivity index (χ0n) is 32.2. The molecule has 1 aliphatic heterocycles. The van der Waals surface area contributed by atoms with Gasteiger partial charge in [0.05, 0.1) is 22.4 Å². The Labute approximate surface area is 343 Å². The van der Waals surface area contributed by atoms with Crippen molar-refractivity contribution in [3.63, 3.8) is 0 Å². The van der Waals surface area contributed by atoms with E-state index in [9.17, 15) is 0 Å². The lowest BCUT2D eigenvalue weighted by atomic mass is 9.93. The van der Waals surface area contributed by atoms with Gasteiger partial charge >= 0.3 is 0 Å². The van der Waals surface area contributed by atoms with E-state index in [4.69, 9.17) is 9.97 Å². The van der Waals surface area contributed by atoms with Gasteiger partial charge in [-0.15, -0.1) is 0 Å². The van der Waals surface area contributed by atoms with Gasteiger partial charge in [-0.05, 0) is 88.8 Å². The zero-order valence-corrected chi connectivity index (χ0v) is 33.2. The Balaban J connectivity index is 0.960. The average Bonchev–Trinajstić information content (AvgIpc) is 3.62. The molecule has 11 aromatic rings. The largest absolute Gasteiger partial charge is 0.245 e. The molecule has 0 saturated heterocycles. The number of hydrogen-bond acceptors (Lipinski definition) is 2. The second kappa shape index (κ2) is 13.3. The van der Waals surface area contributed by atoms with Crippen LogP contribution < -0.4 is 20.7 Å². The van der Waals surface area contributed by atoms with Gasteiger partial charge in [0.2, 0.25) is 0 Å². The minimum atomic E-state index is -2.55. The summed E-state index contributed by atoms with van der Waals surface area (Å²) in [6.07, 6.45) is 0. The lowest BCUT2D eigenvalue weighted by molar-refractivity contribution is 1.37. The molecule has 0 fully saturated rings. The van der Waals surface area contributed by atoms with Crippen LogP contribution in [0.1, 0.15) is 0 Å². The highest BCUT2D eigenvalue weighted by atomic mass is 28.3. The van der Waals surface area contributed by atoms with Crippen molar-refractivity contribution in [2.24, 2.45) is 0 Å². The van der Waals surface area contributed by atoms with Crippen LogP contribution in [0.2, 0.25) is 0 Å². The Morgan fingerprint density at radius 3 is 1.49 bits per heavy atom.